The van der Waals surface area contributed by atoms with E-state index in [1.807, 2.05) is 37.3 Å². The number of halogens is 1. The van der Waals surface area contributed by atoms with Crippen LogP contribution >= 0.6 is 11.6 Å². The summed E-state index contributed by atoms with van der Waals surface area (Å²) in [6.45, 7) is 1.83. The minimum atomic E-state index is -3.87. The number of ether oxygens (including phenoxy) is 2. The molecule has 5 rings (SSSR count). The number of carbonyl (C=O) groups is 2. The molecule has 2 N–H and O–H groups in total. The molecule has 1 aliphatic rings. The maximum atomic E-state index is 13.3. The molecule has 1 heterocycles. The first-order chi connectivity index (χ1) is 20.2. The van der Waals surface area contributed by atoms with Crippen molar-refractivity contribution >= 4 is 44.8 Å². The molecular formula is C31H28ClN3O6S. The van der Waals surface area contributed by atoms with Crippen LogP contribution in [-0.4, -0.2) is 39.5 Å². The van der Waals surface area contributed by atoms with Crippen LogP contribution in [0.1, 0.15) is 11.1 Å². The van der Waals surface area contributed by atoms with Crippen LogP contribution in [0.25, 0.3) is 0 Å². The molecule has 4 aromatic rings. The standard InChI is InChI=1S/C31H28ClN3O6S/c1-21-11-12-23(17-26(21)32)34-42(38,39)25-15-13-24(14-16-25)40-20-30(36)35-19-29(41-28-10-6-5-9-27(28)35)31(37)33-18-22-7-3-2-4-8-22/h2-17,29,34H,18-20H2,1H3,(H,33,37)/t29-/m0/s1. The molecular weight excluding hydrogens is 578 g/mol. The molecule has 0 unspecified atom stereocenters. The minimum absolute atomic E-state index is 0.00566. The molecule has 9 nitrogen and oxygen atoms in total. The van der Waals surface area contributed by atoms with Gasteiger partial charge in [0.1, 0.15) is 11.5 Å². The Morgan fingerprint density at radius 1 is 0.976 bits per heavy atom. The number of benzene rings is 4. The van der Waals surface area contributed by atoms with Crippen molar-refractivity contribution in [3.63, 3.8) is 0 Å². The number of fused-ring (bicyclic) bond motifs is 1. The van der Waals surface area contributed by atoms with E-state index in [0.29, 0.717) is 34.4 Å². The van der Waals surface area contributed by atoms with Crippen LogP contribution in [0.2, 0.25) is 5.02 Å². The smallest absolute Gasteiger partial charge is 0.265 e. The summed E-state index contributed by atoms with van der Waals surface area (Å²) in [5.74, 6) is -0.0140. The highest BCUT2D eigenvalue weighted by molar-refractivity contribution is 7.92. The third kappa shape index (κ3) is 6.84. The molecule has 216 valence electrons. The molecule has 0 spiro atoms. The average molecular weight is 606 g/mol. The van der Waals surface area contributed by atoms with Crippen molar-refractivity contribution in [2.45, 2.75) is 24.5 Å². The Kier molecular flexibility index (Phi) is 8.65. The largest absolute Gasteiger partial charge is 0.484 e. The Bertz CT molecular complexity index is 1700. The van der Waals surface area contributed by atoms with Crippen molar-refractivity contribution in [2.24, 2.45) is 0 Å². The maximum Gasteiger partial charge on any atom is 0.265 e. The van der Waals surface area contributed by atoms with Crippen molar-refractivity contribution < 1.29 is 27.5 Å². The fourth-order valence-electron chi connectivity index (χ4n) is 4.31. The number of rotatable bonds is 9. The summed E-state index contributed by atoms with van der Waals surface area (Å²) in [5.41, 5.74) is 2.65. The monoisotopic (exact) mass is 605 g/mol. The number of anilines is 2. The molecule has 11 heteroatoms. The zero-order valence-electron chi connectivity index (χ0n) is 22.6. The fraction of sp³-hybridized carbons (Fsp3) is 0.161. The van der Waals surface area contributed by atoms with Crippen LogP contribution in [0.4, 0.5) is 11.4 Å². The number of sulfonamides is 1. The Labute approximate surface area is 249 Å². The molecule has 0 saturated heterocycles. The van der Waals surface area contributed by atoms with Gasteiger partial charge in [0, 0.05) is 11.6 Å². The summed E-state index contributed by atoms with van der Waals surface area (Å²) < 4.78 is 39.7. The van der Waals surface area contributed by atoms with Crippen molar-refractivity contribution in [2.75, 3.05) is 22.8 Å². The van der Waals surface area contributed by atoms with Gasteiger partial charge in [-0.05, 0) is 66.6 Å². The van der Waals surface area contributed by atoms with E-state index in [0.717, 1.165) is 11.1 Å². The number of carbonyl (C=O) groups excluding carboxylic acids is 2. The van der Waals surface area contributed by atoms with Gasteiger partial charge in [0.05, 0.1) is 22.8 Å². The van der Waals surface area contributed by atoms with E-state index in [-0.39, 0.29) is 29.9 Å². The molecule has 0 radical (unpaired) electrons. The lowest BCUT2D eigenvalue weighted by molar-refractivity contribution is -0.128. The van der Waals surface area contributed by atoms with E-state index in [2.05, 4.69) is 10.0 Å². The summed E-state index contributed by atoms with van der Waals surface area (Å²) >= 11 is 6.11. The predicted octanol–water partition coefficient (Wildman–Crippen LogP) is 4.94. The van der Waals surface area contributed by atoms with Crippen LogP contribution in [0, 0.1) is 6.92 Å². The van der Waals surface area contributed by atoms with Gasteiger partial charge in [0.15, 0.2) is 12.7 Å². The van der Waals surface area contributed by atoms with Gasteiger partial charge in [0.2, 0.25) is 0 Å². The highest BCUT2D eigenvalue weighted by Gasteiger charge is 2.33. The predicted molar refractivity (Wildman–Crippen MR) is 160 cm³/mol. The third-order valence-electron chi connectivity index (χ3n) is 6.60. The van der Waals surface area contributed by atoms with Crippen molar-refractivity contribution in [1.29, 1.82) is 0 Å². The van der Waals surface area contributed by atoms with Crippen LogP contribution < -0.4 is 24.4 Å². The quantitative estimate of drug-likeness (QED) is 0.279. The second-order valence-electron chi connectivity index (χ2n) is 9.61. The van der Waals surface area contributed by atoms with E-state index in [1.165, 1.54) is 29.2 Å². The van der Waals surface area contributed by atoms with E-state index in [9.17, 15) is 18.0 Å². The zero-order valence-corrected chi connectivity index (χ0v) is 24.2. The van der Waals surface area contributed by atoms with E-state index >= 15 is 0 Å². The lowest BCUT2D eigenvalue weighted by Gasteiger charge is -2.34. The Hall–Kier alpha value is -4.54. The zero-order chi connectivity index (χ0) is 29.7. The lowest BCUT2D eigenvalue weighted by Crippen LogP contribution is -2.51. The van der Waals surface area contributed by atoms with Crippen molar-refractivity contribution in [1.82, 2.24) is 5.32 Å². The Morgan fingerprint density at radius 3 is 2.43 bits per heavy atom. The van der Waals surface area contributed by atoms with Gasteiger partial charge in [-0.1, -0.05) is 60.1 Å². The van der Waals surface area contributed by atoms with E-state index in [1.54, 1.807) is 42.5 Å². The number of aryl methyl sites for hydroxylation is 1. The van der Waals surface area contributed by atoms with Gasteiger partial charge in [-0.3, -0.25) is 14.3 Å². The first-order valence-electron chi connectivity index (χ1n) is 13.1. The number of amides is 2. The number of hydrogen-bond donors (Lipinski definition) is 2. The summed E-state index contributed by atoms with van der Waals surface area (Å²) in [6, 6.07) is 27.1. The number of nitrogens with zero attached hydrogens (tertiary/aromatic N) is 1. The van der Waals surface area contributed by atoms with Crippen LogP contribution in [0.3, 0.4) is 0 Å². The minimum Gasteiger partial charge on any atom is -0.484 e. The van der Waals surface area contributed by atoms with Gasteiger partial charge >= 0.3 is 0 Å². The SMILES string of the molecule is Cc1ccc(NS(=O)(=O)c2ccc(OCC(=O)N3C[C@@H](C(=O)NCc4ccccc4)Oc4ccccc43)cc2)cc1Cl. The summed E-state index contributed by atoms with van der Waals surface area (Å²) in [5, 5.41) is 3.31. The number of para-hydroxylation sites is 2. The maximum absolute atomic E-state index is 13.3. The molecule has 0 aliphatic carbocycles. The van der Waals surface area contributed by atoms with Crippen molar-refractivity contribution in [3.8, 4) is 11.5 Å². The van der Waals surface area contributed by atoms with E-state index < -0.39 is 16.1 Å². The molecule has 42 heavy (non-hydrogen) atoms. The van der Waals surface area contributed by atoms with Gasteiger partial charge in [0.25, 0.3) is 21.8 Å². The normalized spacial score (nSPS) is 14.3. The molecule has 0 aromatic heterocycles. The summed E-state index contributed by atoms with van der Waals surface area (Å²) in [4.78, 5) is 27.7. The molecule has 0 bridgehead atoms. The lowest BCUT2D eigenvalue weighted by atomic mass is 10.1. The summed E-state index contributed by atoms with van der Waals surface area (Å²) in [6.07, 6.45) is -0.909. The van der Waals surface area contributed by atoms with Crippen LogP contribution in [0.5, 0.6) is 11.5 Å². The van der Waals surface area contributed by atoms with Crippen LogP contribution in [-0.2, 0) is 26.2 Å². The first-order valence-corrected chi connectivity index (χ1v) is 15.0. The first kappa shape index (κ1) is 29.0. The average Bonchev–Trinajstić information content (AvgIpc) is 3.00. The Morgan fingerprint density at radius 2 is 1.69 bits per heavy atom. The number of hydrogen-bond acceptors (Lipinski definition) is 6. The molecule has 2 amide bonds. The molecule has 0 fully saturated rings. The molecule has 4 aromatic carbocycles. The van der Waals surface area contributed by atoms with Gasteiger partial charge in [-0.2, -0.15) is 0 Å². The molecule has 1 aliphatic heterocycles. The second-order valence-corrected chi connectivity index (χ2v) is 11.7. The molecule has 1 atom stereocenters. The highest BCUT2D eigenvalue weighted by Crippen LogP contribution is 2.33. The molecule has 0 saturated carbocycles. The third-order valence-corrected chi connectivity index (χ3v) is 8.40. The number of nitrogens with one attached hydrogen (secondary N) is 2. The second kappa shape index (κ2) is 12.5. The van der Waals surface area contributed by atoms with Gasteiger partial charge < -0.3 is 19.7 Å². The van der Waals surface area contributed by atoms with Crippen molar-refractivity contribution in [3.05, 3.63) is 113 Å². The summed E-state index contributed by atoms with van der Waals surface area (Å²) in [7, 11) is -3.87. The van der Waals surface area contributed by atoms with Gasteiger partial charge in [-0.25, -0.2) is 8.42 Å². The highest BCUT2D eigenvalue weighted by atomic mass is 35.5. The topological polar surface area (TPSA) is 114 Å². The Balaban J connectivity index is 1.22. The van der Waals surface area contributed by atoms with Crippen LogP contribution in [0.15, 0.2) is 102 Å². The van der Waals surface area contributed by atoms with Gasteiger partial charge in [-0.15, -0.1) is 0 Å². The fourth-order valence-corrected chi connectivity index (χ4v) is 5.54. The van der Waals surface area contributed by atoms with E-state index in [4.69, 9.17) is 21.1 Å².